The van der Waals surface area contributed by atoms with Gasteiger partial charge in [0.1, 0.15) is 0 Å². The van der Waals surface area contributed by atoms with Crippen LogP contribution >= 0.6 is 11.6 Å². The van der Waals surface area contributed by atoms with Crippen molar-refractivity contribution in [1.82, 2.24) is 14.5 Å². The smallest absolute Gasteiger partial charge is 0.253 e. The maximum atomic E-state index is 13.0. The Morgan fingerprint density at radius 3 is 2.09 bits per heavy atom. The molecule has 0 spiro atoms. The van der Waals surface area contributed by atoms with Gasteiger partial charge in [0.2, 0.25) is 10.0 Å². The van der Waals surface area contributed by atoms with Crippen LogP contribution in [0.2, 0.25) is 5.02 Å². The molecule has 0 bridgehead atoms. The Labute approximate surface area is 194 Å². The van der Waals surface area contributed by atoms with Crippen LogP contribution in [0.1, 0.15) is 28.9 Å². The van der Waals surface area contributed by atoms with Crippen LogP contribution in [0.25, 0.3) is 0 Å². The Kier molecular flexibility index (Phi) is 7.31. The zero-order valence-electron chi connectivity index (χ0n) is 18.1. The molecule has 1 fully saturated rings. The summed E-state index contributed by atoms with van der Waals surface area (Å²) in [6.07, 6.45) is 1.12. The maximum absolute atomic E-state index is 13.0. The molecule has 0 saturated carbocycles. The number of amides is 1. The van der Waals surface area contributed by atoms with Crippen LogP contribution in [0.3, 0.4) is 0 Å². The van der Waals surface area contributed by atoms with Gasteiger partial charge in [-0.2, -0.15) is 4.31 Å². The SMILES string of the molecule is C[C@H](NC(=O)c1cc(S(=O)(=O)N2CCN(C)CC2)ccc1Cl)c1ccc(S(C)(=O)=O)cc1. The summed E-state index contributed by atoms with van der Waals surface area (Å²) < 4.78 is 50.7. The van der Waals surface area contributed by atoms with Crippen LogP contribution in [0.15, 0.2) is 52.3 Å². The first kappa shape index (κ1) is 24.7. The fourth-order valence-electron chi connectivity index (χ4n) is 3.38. The summed E-state index contributed by atoms with van der Waals surface area (Å²) in [5.41, 5.74) is 0.754. The number of sulfone groups is 1. The second kappa shape index (κ2) is 9.48. The number of hydrogen-bond acceptors (Lipinski definition) is 6. The number of sulfonamides is 1. The molecule has 11 heteroatoms. The van der Waals surface area contributed by atoms with Crippen LogP contribution in [0, 0.1) is 0 Å². The quantitative estimate of drug-likeness (QED) is 0.653. The average Bonchev–Trinajstić information content (AvgIpc) is 2.73. The normalized spacial score (nSPS) is 17.1. The third-order valence-electron chi connectivity index (χ3n) is 5.44. The Morgan fingerprint density at radius 2 is 1.53 bits per heavy atom. The number of nitrogens with zero attached hydrogens (tertiary/aromatic N) is 2. The number of benzene rings is 2. The summed E-state index contributed by atoms with van der Waals surface area (Å²) >= 11 is 6.20. The summed E-state index contributed by atoms with van der Waals surface area (Å²) in [5.74, 6) is -0.523. The molecule has 2 aromatic rings. The maximum Gasteiger partial charge on any atom is 0.253 e. The number of piperazine rings is 1. The highest BCUT2D eigenvalue weighted by Gasteiger charge is 2.28. The average molecular weight is 500 g/mol. The summed E-state index contributed by atoms with van der Waals surface area (Å²) in [7, 11) is -5.13. The highest BCUT2D eigenvalue weighted by atomic mass is 35.5. The van der Waals surface area contributed by atoms with Crippen molar-refractivity contribution in [2.24, 2.45) is 0 Å². The van der Waals surface area contributed by atoms with Gasteiger partial charge in [0.25, 0.3) is 5.91 Å². The van der Waals surface area contributed by atoms with Crippen molar-refractivity contribution in [3.63, 3.8) is 0 Å². The van der Waals surface area contributed by atoms with Gasteiger partial charge in [0.15, 0.2) is 9.84 Å². The van der Waals surface area contributed by atoms with Crippen molar-refractivity contribution in [1.29, 1.82) is 0 Å². The van der Waals surface area contributed by atoms with Crippen LogP contribution in [-0.4, -0.2) is 71.4 Å². The van der Waals surface area contributed by atoms with E-state index in [9.17, 15) is 21.6 Å². The molecule has 0 aliphatic carbocycles. The summed E-state index contributed by atoms with van der Waals surface area (Å²) in [5, 5.41) is 2.93. The van der Waals surface area contributed by atoms with E-state index in [0.29, 0.717) is 31.7 Å². The van der Waals surface area contributed by atoms with Gasteiger partial charge in [-0.15, -0.1) is 0 Å². The van der Waals surface area contributed by atoms with E-state index in [2.05, 4.69) is 10.2 Å². The first-order chi connectivity index (χ1) is 14.9. The lowest BCUT2D eigenvalue weighted by molar-refractivity contribution is 0.0939. The van der Waals surface area contributed by atoms with Gasteiger partial charge in [0, 0.05) is 32.4 Å². The molecule has 1 aliphatic rings. The largest absolute Gasteiger partial charge is 0.345 e. The van der Waals surface area contributed by atoms with Gasteiger partial charge in [-0.1, -0.05) is 23.7 Å². The fourth-order valence-corrected chi connectivity index (χ4v) is 5.66. The summed E-state index contributed by atoms with van der Waals surface area (Å²) in [6, 6.07) is 9.85. The van der Waals surface area contributed by atoms with Crippen molar-refractivity contribution < 1.29 is 21.6 Å². The third kappa shape index (κ3) is 5.49. The number of likely N-dealkylation sites (N-methyl/N-ethyl adjacent to an activating group) is 1. The molecular formula is C21H26ClN3O5S2. The van der Waals surface area contributed by atoms with Crippen molar-refractivity contribution in [3.8, 4) is 0 Å². The standard InChI is InChI=1S/C21H26ClN3O5S2/c1-15(16-4-6-17(7-5-16)31(3,27)28)23-21(26)19-14-18(8-9-20(19)22)32(29,30)25-12-10-24(2)11-13-25/h4-9,14-15H,10-13H2,1-3H3,(H,23,26)/t15-/m0/s1. The minimum Gasteiger partial charge on any atom is -0.345 e. The van der Waals surface area contributed by atoms with E-state index in [4.69, 9.17) is 11.6 Å². The van der Waals surface area contributed by atoms with Crippen molar-refractivity contribution in [2.45, 2.75) is 22.8 Å². The molecule has 1 saturated heterocycles. The number of halogens is 1. The molecular weight excluding hydrogens is 474 g/mol. The molecule has 32 heavy (non-hydrogen) atoms. The van der Waals surface area contributed by atoms with Crippen LogP contribution < -0.4 is 5.32 Å². The van der Waals surface area contributed by atoms with E-state index < -0.39 is 31.8 Å². The van der Waals surface area contributed by atoms with E-state index in [1.165, 1.54) is 34.6 Å². The zero-order chi connectivity index (χ0) is 23.7. The van der Waals surface area contributed by atoms with E-state index >= 15 is 0 Å². The number of carbonyl (C=O) groups excluding carboxylic acids is 1. The molecule has 3 rings (SSSR count). The molecule has 1 heterocycles. The molecule has 2 aromatic carbocycles. The Balaban J connectivity index is 1.79. The minimum atomic E-state index is -3.75. The molecule has 174 valence electrons. The van der Waals surface area contributed by atoms with Crippen molar-refractivity contribution in [2.75, 3.05) is 39.5 Å². The van der Waals surface area contributed by atoms with E-state index in [0.717, 1.165) is 6.26 Å². The molecule has 1 N–H and O–H groups in total. The van der Waals surface area contributed by atoms with E-state index in [1.54, 1.807) is 19.1 Å². The Bertz CT molecular complexity index is 1210. The second-order valence-corrected chi connectivity index (χ2v) is 12.2. The summed E-state index contributed by atoms with van der Waals surface area (Å²) in [4.78, 5) is 15.1. The lowest BCUT2D eigenvalue weighted by atomic mass is 10.1. The second-order valence-electron chi connectivity index (χ2n) is 7.89. The Hall–Kier alpha value is -1.98. The van der Waals surface area contributed by atoms with Crippen molar-refractivity contribution >= 4 is 37.4 Å². The summed E-state index contributed by atoms with van der Waals surface area (Å²) in [6.45, 7) is 3.77. The van der Waals surface area contributed by atoms with Gasteiger partial charge >= 0.3 is 0 Å². The molecule has 1 aliphatic heterocycles. The molecule has 0 unspecified atom stereocenters. The first-order valence-corrected chi connectivity index (χ1v) is 13.7. The minimum absolute atomic E-state index is 0.0155. The third-order valence-corrected chi connectivity index (χ3v) is 8.79. The lowest BCUT2D eigenvalue weighted by Gasteiger charge is -2.31. The van der Waals surface area contributed by atoms with Crippen LogP contribution in [0.4, 0.5) is 0 Å². The van der Waals surface area contributed by atoms with Crippen molar-refractivity contribution in [3.05, 3.63) is 58.6 Å². The molecule has 1 amide bonds. The monoisotopic (exact) mass is 499 g/mol. The number of rotatable bonds is 6. The Morgan fingerprint density at radius 1 is 0.969 bits per heavy atom. The van der Waals surface area contributed by atoms with E-state index in [-0.39, 0.29) is 20.4 Å². The zero-order valence-corrected chi connectivity index (χ0v) is 20.5. The van der Waals surface area contributed by atoms with Gasteiger partial charge in [-0.25, -0.2) is 16.8 Å². The molecule has 1 atom stereocenters. The van der Waals surface area contributed by atoms with Gasteiger partial charge in [-0.3, -0.25) is 4.79 Å². The molecule has 0 radical (unpaired) electrons. The predicted molar refractivity (Wildman–Crippen MR) is 123 cm³/mol. The first-order valence-electron chi connectivity index (χ1n) is 9.99. The number of nitrogens with one attached hydrogen (secondary N) is 1. The predicted octanol–water partition coefficient (Wildman–Crippen LogP) is 2.17. The van der Waals surface area contributed by atoms with E-state index in [1.807, 2.05) is 7.05 Å². The van der Waals surface area contributed by atoms with Crippen LogP contribution in [0.5, 0.6) is 0 Å². The number of carbonyl (C=O) groups is 1. The molecule has 0 aromatic heterocycles. The highest BCUT2D eigenvalue weighted by Crippen LogP contribution is 2.25. The van der Waals surface area contributed by atoms with Gasteiger partial charge in [-0.05, 0) is 49.9 Å². The van der Waals surface area contributed by atoms with Crippen LogP contribution in [-0.2, 0) is 19.9 Å². The lowest BCUT2D eigenvalue weighted by Crippen LogP contribution is -2.47. The molecule has 8 nitrogen and oxygen atoms in total. The highest BCUT2D eigenvalue weighted by molar-refractivity contribution is 7.90. The topological polar surface area (TPSA) is 104 Å². The van der Waals surface area contributed by atoms with Gasteiger partial charge < -0.3 is 10.2 Å². The fraction of sp³-hybridized carbons (Fsp3) is 0.381. The number of hydrogen-bond donors (Lipinski definition) is 1. The van der Waals surface area contributed by atoms with Gasteiger partial charge in [0.05, 0.1) is 26.4 Å².